The van der Waals surface area contributed by atoms with Crippen LogP contribution in [0.3, 0.4) is 0 Å². The average molecular weight is 347 g/mol. The predicted octanol–water partition coefficient (Wildman–Crippen LogP) is 2.76. The van der Waals surface area contributed by atoms with Crippen molar-refractivity contribution in [3.05, 3.63) is 28.6 Å². The Bertz CT molecular complexity index is 782. The van der Waals surface area contributed by atoms with E-state index in [1.54, 1.807) is 6.92 Å². The molecule has 120 valence electrons. The van der Waals surface area contributed by atoms with Gasteiger partial charge in [-0.25, -0.2) is 8.42 Å². The summed E-state index contributed by atoms with van der Waals surface area (Å²) in [5.74, 6) is 0.942. The van der Waals surface area contributed by atoms with E-state index < -0.39 is 10.0 Å². The third-order valence-electron chi connectivity index (χ3n) is 2.95. The Kier molecular flexibility index (Phi) is 4.52. The van der Waals surface area contributed by atoms with Crippen LogP contribution in [-0.4, -0.2) is 27.8 Å². The number of benzene rings is 1. The fourth-order valence-electron chi connectivity index (χ4n) is 1.99. The SMILES string of the molecule is COc1cc(Cl)c(NS(=O)(=O)c2c(C)noc2C)cc1OC. The highest BCUT2D eigenvalue weighted by atomic mass is 35.5. The van der Waals surface area contributed by atoms with E-state index in [1.165, 1.54) is 33.3 Å². The molecule has 0 aliphatic heterocycles. The van der Waals surface area contributed by atoms with Crippen LogP contribution in [-0.2, 0) is 10.0 Å². The molecule has 1 heterocycles. The number of methoxy groups -OCH3 is 2. The molecule has 0 unspecified atom stereocenters. The molecule has 1 N–H and O–H groups in total. The van der Waals surface area contributed by atoms with Crippen molar-refractivity contribution in [2.45, 2.75) is 18.7 Å². The summed E-state index contributed by atoms with van der Waals surface area (Å²) in [6.07, 6.45) is 0. The molecule has 0 bridgehead atoms. The molecule has 22 heavy (non-hydrogen) atoms. The molecule has 9 heteroatoms. The number of hydrogen-bond acceptors (Lipinski definition) is 6. The highest BCUT2D eigenvalue weighted by Gasteiger charge is 2.25. The third kappa shape index (κ3) is 2.97. The van der Waals surface area contributed by atoms with Gasteiger partial charge >= 0.3 is 0 Å². The zero-order chi connectivity index (χ0) is 16.5. The van der Waals surface area contributed by atoms with Gasteiger partial charge in [-0.2, -0.15) is 0 Å². The fraction of sp³-hybridized carbons (Fsp3) is 0.308. The van der Waals surface area contributed by atoms with Crippen molar-refractivity contribution in [2.75, 3.05) is 18.9 Å². The van der Waals surface area contributed by atoms with Gasteiger partial charge in [0.15, 0.2) is 22.2 Å². The highest BCUT2D eigenvalue weighted by molar-refractivity contribution is 7.92. The number of anilines is 1. The number of aryl methyl sites for hydroxylation is 2. The molecular formula is C13H15ClN2O5S. The number of ether oxygens (including phenoxy) is 2. The van der Waals surface area contributed by atoms with Gasteiger partial charge in [0.1, 0.15) is 5.69 Å². The van der Waals surface area contributed by atoms with Crippen molar-refractivity contribution in [3.8, 4) is 11.5 Å². The van der Waals surface area contributed by atoms with E-state index in [9.17, 15) is 8.42 Å². The standard InChI is InChI=1S/C13H15ClN2O5S/c1-7-13(8(2)21-15-7)22(17,18)16-10-6-12(20-4)11(19-3)5-9(10)14/h5-6,16H,1-4H3. The van der Waals surface area contributed by atoms with Crippen molar-refractivity contribution >= 4 is 27.3 Å². The van der Waals surface area contributed by atoms with Crippen LogP contribution in [0, 0.1) is 13.8 Å². The first-order valence-electron chi connectivity index (χ1n) is 6.17. The van der Waals surface area contributed by atoms with Gasteiger partial charge < -0.3 is 14.0 Å². The van der Waals surface area contributed by atoms with E-state index in [-0.39, 0.29) is 27.1 Å². The smallest absolute Gasteiger partial charge is 0.267 e. The Labute approximate surface area is 133 Å². The van der Waals surface area contributed by atoms with Crippen LogP contribution in [0.5, 0.6) is 11.5 Å². The Morgan fingerprint density at radius 2 is 1.77 bits per heavy atom. The minimum Gasteiger partial charge on any atom is -0.493 e. The molecular weight excluding hydrogens is 332 g/mol. The summed E-state index contributed by atoms with van der Waals surface area (Å²) >= 11 is 6.08. The number of aromatic nitrogens is 1. The molecule has 0 aliphatic rings. The number of nitrogens with zero attached hydrogens (tertiary/aromatic N) is 1. The first-order chi connectivity index (χ1) is 10.3. The molecule has 0 fully saturated rings. The maximum atomic E-state index is 12.5. The lowest BCUT2D eigenvalue weighted by Gasteiger charge is -2.13. The van der Waals surface area contributed by atoms with E-state index in [2.05, 4.69) is 9.88 Å². The first kappa shape index (κ1) is 16.4. The minimum atomic E-state index is -3.89. The predicted molar refractivity (Wildman–Crippen MR) is 81.3 cm³/mol. The summed E-state index contributed by atoms with van der Waals surface area (Å²) in [6.45, 7) is 3.06. The molecule has 0 saturated carbocycles. The van der Waals surface area contributed by atoms with E-state index >= 15 is 0 Å². The molecule has 7 nitrogen and oxygen atoms in total. The lowest BCUT2D eigenvalue weighted by Crippen LogP contribution is -2.15. The van der Waals surface area contributed by atoms with Crippen molar-refractivity contribution < 1.29 is 22.4 Å². The maximum absolute atomic E-state index is 12.5. The normalized spacial score (nSPS) is 11.3. The van der Waals surface area contributed by atoms with Crippen LogP contribution in [0.4, 0.5) is 5.69 Å². The van der Waals surface area contributed by atoms with Gasteiger partial charge in [0.2, 0.25) is 0 Å². The Morgan fingerprint density at radius 1 is 1.18 bits per heavy atom. The minimum absolute atomic E-state index is 0.0154. The second kappa shape index (κ2) is 6.05. The van der Waals surface area contributed by atoms with Gasteiger partial charge in [0.25, 0.3) is 10.0 Å². The third-order valence-corrected chi connectivity index (χ3v) is 4.88. The van der Waals surface area contributed by atoms with Crippen molar-refractivity contribution in [1.82, 2.24) is 5.16 Å². The van der Waals surface area contributed by atoms with E-state index in [0.29, 0.717) is 11.5 Å². The molecule has 2 aromatic rings. The number of halogens is 1. The molecule has 0 spiro atoms. The summed E-state index contributed by atoms with van der Waals surface area (Å²) in [5.41, 5.74) is 0.431. The van der Waals surface area contributed by atoms with Crippen LogP contribution in [0.1, 0.15) is 11.5 Å². The maximum Gasteiger partial charge on any atom is 0.267 e. The van der Waals surface area contributed by atoms with Crippen molar-refractivity contribution in [1.29, 1.82) is 0 Å². The first-order valence-corrected chi connectivity index (χ1v) is 8.03. The number of sulfonamides is 1. The summed E-state index contributed by atoms with van der Waals surface area (Å²) in [6, 6.07) is 2.91. The summed E-state index contributed by atoms with van der Waals surface area (Å²) in [7, 11) is -0.982. The summed E-state index contributed by atoms with van der Waals surface area (Å²) < 4.78 is 42.5. The van der Waals surface area contributed by atoms with Gasteiger partial charge in [0.05, 0.1) is 24.9 Å². The summed E-state index contributed by atoms with van der Waals surface area (Å²) in [4.78, 5) is -0.0154. The zero-order valence-corrected chi connectivity index (χ0v) is 14.0. The number of nitrogens with one attached hydrogen (secondary N) is 1. The lowest BCUT2D eigenvalue weighted by molar-refractivity contribution is 0.355. The topological polar surface area (TPSA) is 90.7 Å². The molecule has 2 rings (SSSR count). The van der Waals surface area contributed by atoms with Crippen LogP contribution in [0.15, 0.2) is 21.6 Å². The molecule has 1 aromatic heterocycles. The molecule has 1 aromatic carbocycles. The van der Waals surface area contributed by atoms with Crippen LogP contribution < -0.4 is 14.2 Å². The molecule has 0 radical (unpaired) electrons. The van der Waals surface area contributed by atoms with Crippen LogP contribution >= 0.6 is 11.6 Å². The van der Waals surface area contributed by atoms with Crippen molar-refractivity contribution in [2.24, 2.45) is 0 Å². The molecule has 0 amide bonds. The largest absolute Gasteiger partial charge is 0.493 e. The zero-order valence-electron chi connectivity index (χ0n) is 12.4. The summed E-state index contributed by atoms with van der Waals surface area (Å²) in [5, 5.41) is 3.81. The van der Waals surface area contributed by atoms with E-state index in [1.807, 2.05) is 0 Å². The Morgan fingerprint density at radius 3 is 2.27 bits per heavy atom. The van der Waals surface area contributed by atoms with Gasteiger partial charge in [0, 0.05) is 12.1 Å². The van der Waals surface area contributed by atoms with Crippen LogP contribution in [0.25, 0.3) is 0 Å². The van der Waals surface area contributed by atoms with Gasteiger partial charge in [-0.1, -0.05) is 16.8 Å². The Balaban J connectivity index is 2.46. The second-order valence-corrected chi connectivity index (χ2v) is 6.47. The molecule has 0 aliphatic carbocycles. The van der Waals surface area contributed by atoms with E-state index in [0.717, 1.165) is 0 Å². The van der Waals surface area contributed by atoms with Gasteiger partial charge in [-0.3, -0.25) is 4.72 Å². The fourth-order valence-corrected chi connectivity index (χ4v) is 3.65. The van der Waals surface area contributed by atoms with Gasteiger partial charge in [-0.15, -0.1) is 0 Å². The number of hydrogen-bond donors (Lipinski definition) is 1. The second-order valence-electron chi connectivity index (χ2n) is 4.45. The van der Waals surface area contributed by atoms with E-state index in [4.69, 9.17) is 25.6 Å². The Hall–Kier alpha value is -1.93. The molecule has 0 saturated heterocycles. The van der Waals surface area contributed by atoms with Crippen molar-refractivity contribution in [3.63, 3.8) is 0 Å². The molecule has 0 atom stereocenters. The monoisotopic (exact) mass is 346 g/mol. The number of rotatable bonds is 5. The lowest BCUT2D eigenvalue weighted by atomic mass is 10.3. The van der Waals surface area contributed by atoms with Gasteiger partial charge in [-0.05, 0) is 13.8 Å². The highest BCUT2D eigenvalue weighted by Crippen LogP contribution is 2.37. The van der Waals surface area contributed by atoms with Crippen LogP contribution in [0.2, 0.25) is 5.02 Å². The average Bonchev–Trinajstić information content (AvgIpc) is 2.80. The quantitative estimate of drug-likeness (QED) is 0.895.